The number of hydrazone groups is 1. The third-order valence-corrected chi connectivity index (χ3v) is 3.84. The van der Waals surface area contributed by atoms with Gasteiger partial charge >= 0.3 is 0 Å². The highest BCUT2D eigenvalue weighted by Gasteiger charge is 2.07. The number of methoxy groups -OCH3 is 1. The standard InChI is InChI=1S/C18H19BrN2O4/c1-11-4-12(2)6-14(5-11)25-10-17(22)21-20-9-13-7-15(19)18(23)16(8-13)24-3/h4-9,23H,10H2,1-3H3,(H,21,22)/b20-9-. The predicted molar refractivity (Wildman–Crippen MR) is 99.5 cm³/mol. The number of hydrogen-bond donors (Lipinski definition) is 2. The van der Waals surface area contributed by atoms with Crippen LogP contribution in [-0.4, -0.2) is 30.9 Å². The Balaban J connectivity index is 1.91. The van der Waals surface area contributed by atoms with Crippen LogP contribution in [-0.2, 0) is 4.79 Å². The van der Waals surface area contributed by atoms with E-state index in [1.54, 1.807) is 12.1 Å². The first-order valence-electron chi connectivity index (χ1n) is 7.48. The monoisotopic (exact) mass is 406 g/mol. The molecule has 25 heavy (non-hydrogen) atoms. The second kappa shape index (κ2) is 8.53. The molecule has 0 fully saturated rings. The second-order valence-electron chi connectivity index (χ2n) is 5.46. The van der Waals surface area contributed by atoms with Crippen molar-refractivity contribution in [2.24, 2.45) is 5.10 Å². The fourth-order valence-corrected chi connectivity index (χ4v) is 2.66. The van der Waals surface area contributed by atoms with Gasteiger partial charge in [-0.05, 0) is 70.7 Å². The lowest BCUT2D eigenvalue weighted by atomic mass is 10.1. The summed E-state index contributed by atoms with van der Waals surface area (Å²) in [6.45, 7) is 3.80. The van der Waals surface area contributed by atoms with Gasteiger partial charge in [0.2, 0.25) is 0 Å². The molecule has 132 valence electrons. The van der Waals surface area contributed by atoms with E-state index >= 15 is 0 Å². The van der Waals surface area contributed by atoms with Gasteiger partial charge in [0, 0.05) is 0 Å². The number of carbonyl (C=O) groups is 1. The Bertz CT molecular complexity index is 786. The summed E-state index contributed by atoms with van der Waals surface area (Å²) in [5.74, 6) is 0.579. The Morgan fingerprint density at radius 3 is 2.56 bits per heavy atom. The molecular formula is C18H19BrN2O4. The molecule has 6 nitrogen and oxygen atoms in total. The summed E-state index contributed by atoms with van der Waals surface area (Å²) in [6, 6.07) is 9.01. The van der Waals surface area contributed by atoms with Crippen molar-refractivity contribution in [3.05, 3.63) is 51.5 Å². The van der Waals surface area contributed by atoms with Crippen LogP contribution in [0.15, 0.2) is 39.9 Å². The SMILES string of the molecule is COc1cc(/C=N\NC(=O)COc2cc(C)cc(C)c2)cc(Br)c1O. The van der Waals surface area contributed by atoms with Crippen LogP contribution in [0.4, 0.5) is 0 Å². The number of benzene rings is 2. The molecule has 0 aliphatic carbocycles. The van der Waals surface area contributed by atoms with Crippen molar-refractivity contribution in [2.75, 3.05) is 13.7 Å². The lowest BCUT2D eigenvalue weighted by Gasteiger charge is -2.07. The van der Waals surface area contributed by atoms with Gasteiger partial charge in [-0.15, -0.1) is 0 Å². The Morgan fingerprint density at radius 2 is 1.92 bits per heavy atom. The number of aromatic hydroxyl groups is 1. The normalized spacial score (nSPS) is 10.7. The van der Waals surface area contributed by atoms with Crippen LogP contribution in [0.3, 0.4) is 0 Å². The molecule has 0 aliphatic rings. The lowest BCUT2D eigenvalue weighted by molar-refractivity contribution is -0.123. The van der Waals surface area contributed by atoms with Crippen LogP contribution in [0.5, 0.6) is 17.2 Å². The van der Waals surface area contributed by atoms with E-state index in [1.807, 2.05) is 32.0 Å². The summed E-state index contributed by atoms with van der Waals surface area (Å²) < 4.78 is 11.0. The summed E-state index contributed by atoms with van der Waals surface area (Å²) in [6.07, 6.45) is 1.45. The topological polar surface area (TPSA) is 80.2 Å². The molecule has 0 aliphatic heterocycles. The molecule has 0 aromatic heterocycles. The molecule has 0 atom stereocenters. The highest BCUT2D eigenvalue weighted by molar-refractivity contribution is 9.10. The smallest absolute Gasteiger partial charge is 0.277 e. The molecule has 0 spiro atoms. The predicted octanol–water partition coefficient (Wildman–Crippen LogP) is 3.31. The Morgan fingerprint density at radius 1 is 1.24 bits per heavy atom. The molecule has 2 aromatic rings. The zero-order chi connectivity index (χ0) is 18.4. The van der Waals surface area contributed by atoms with E-state index in [4.69, 9.17) is 9.47 Å². The van der Waals surface area contributed by atoms with Gasteiger partial charge in [-0.1, -0.05) is 6.07 Å². The van der Waals surface area contributed by atoms with Crippen LogP contribution in [0.2, 0.25) is 0 Å². The van der Waals surface area contributed by atoms with Crippen molar-refractivity contribution < 1.29 is 19.4 Å². The number of ether oxygens (including phenoxy) is 2. The number of halogens is 1. The van der Waals surface area contributed by atoms with E-state index < -0.39 is 0 Å². The number of phenols is 1. The molecule has 0 heterocycles. The van der Waals surface area contributed by atoms with Crippen molar-refractivity contribution in [2.45, 2.75) is 13.8 Å². The van der Waals surface area contributed by atoms with Gasteiger partial charge in [-0.3, -0.25) is 4.79 Å². The number of nitrogens with one attached hydrogen (secondary N) is 1. The zero-order valence-corrected chi connectivity index (χ0v) is 15.8. The molecule has 0 unspecified atom stereocenters. The zero-order valence-electron chi connectivity index (χ0n) is 14.2. The van der Waals surface area contributed by atoms with Crippen molar-refractivity contribution in [3.63, 3.8) is 0 Å². The number of aryl methyl sites for hydroxylation is 2. The number of carbonyl (C=O) groups excluding carboxylic acids is 1. The fraction of sp³-hybridized carbons (Fsp3) is 0.222. The van der Waals surface area contributed by atoms with E-state index in [1.165, 1.54) is 13.3 Å². The van der Waals surface area contributed by atoms with Crippen molar-refractivity contribution in [1.82, 2.24) is 5.43 Å². The van der Waals surface area contributed by atoms with Gasteiger partial charge < -0.3 is 14.6 Å². The first-order valence-corrected chi connectivity index (χ1v) is 8.28. The summed E-state index contributed by atoms with van der Waals surface area (Å²) in [5.41, 5.74) is 5.18. The molecule has 2 rings (SSSR count). The fourth-order valence-electron chi connectivity index (χ4n) is 2.20. The summed E-state index contributed by atoms with van der Waals surface area (Å²) >= 11 is 3.22. The molecule has 7 heteroatoms. The van der Waals surface area contributed by atoms with E-state index in [0.717, 1.165) is 11.1 Å². The van der Waals surface area contributed by atoms with Gasteiger partial charge in [0.05, 0.1) is 17.8 Å². The molecule has 2 aromatic carbocycles. The quantitative estimate of drug-likeness (QED) is 0.569. The van der Waals surface area contributed by atoms with Gasteiger partial charge in [-0.2, -0.15) is 5.10 Å². The average molecular weight is 407 g/mol. The van der Waals surface area contributed by atoms with Crippen LogP contribution >= 0.6 is 15.9 Å². The summed E-state index contributed by atoms with van der Waals surface area (Å²) in [7, 11) is 1.45. The minimum absolute atomic E-state index is 0.00512. The number of hydrogen-bond acceptors (Lipinski definition) is 5. The Kier molecular flexibility index (Phi) is 6.41. The number of nitrogens with zero attached hydrogens (tertiary/aromatic N) is 1. The van der Waals surface area contributed by atoms with Crippen LogP contribution in [0.1, 0.15) is 16.7 Å². The van der Waals surface area contributed by atoms with E-state index in [9.17, 15) is 9.90 Å². The third-order valence-electron chi connectivity index (χ3n) is 3.24. The Labute approximate surface area is 154 Å². The van der Waals surface area contributed by atoms with Crippen molar-refractivity contribution >= 4 is 28.1 Å². The van der Waals surface area contributed by atoms with Crippen LogP contribution in [0, 0.1) is 13.8 Å². The number of rotatable bonds is 6. The Hall–Kier alpha value is -2.54. The van der Waals surface area contributed by atoms with Crippen molar-refractivity contribution in [3.8, 4) is 17.2 Å². The average Bonchev–Trinajstić information content (AvgIpc) is 2.55. The second-order valence-corrected chi connectivity index (χ2v) is 6.31. The van der Waals surface area contributed by atoms with Gasteiger partial charge in [0.25, 0.3) is 5.91 Å². The van der Waals surface area contributed by atoms with Crippen LogP contribution < -0.4 is 14.9 Å². The molecule has 0 saturated carbocycles. The molecule has 2 N–H and O–H groups in total. The van der Waals surface area contributed by atoms with Crippen molar-refractivity contribution in [1.29, 1.82) is 0 Å². The molecule has 0 radical (unpaired) electrons. The lowest BCUT2D eigenvalue weighted by Crippen LogP contribution is -2.24. The maximum Gasteiger partial charge on any atom is 0.277 e. The minimum Gasteiger partial charge on any atom is -0.503 e. The summed E-state index contributed by atoms with van der Waals surface area (Å²) in [4.78, 5) is 11.8. The maximum atomic E-state index is 11.8. The minimum atomic E-state index is -0.375. The maximum absolute atomic E-state index is 11.8. The highest BCUT2D eigenvalue weighted by Crippen LogP contribution is 2.34. The highest BCUT2D eigenvalue weighted by atomic mass is 79.9. The van der Waals surface area contributed by atoms with E-state index in [-0.39, 0.29) is 18.3 Å². The number of amides is 1. The first kappa shape index (κ1) is 18.8. The molecular weight excluding hydrogens is 388 g/mol. The van der Waals surface area contributed by atoms with E-state index in [2.05, 4.69) is 26.5 Å². The third kappa shape index (κ3) is 5.49. The van der Waals surface area contributed by atoms with Gasteiger partial charge in [0.15, 0.2) is 18.1 Å². The largest absolute Gasteiger partial charge is 0.503 e. The molecule has 1 amide bonds. The van der Waals surface area contributed by atoms with E-state index in [0.29, 0.717) is 21.5 Å². The van der Waals surface area contributed by atoms with Crippen LogP contribution in [0.25, 0.3) is 0 Å². The molecule has 0 saturated heterocycles. The van der Waals surface area contributed by atoms with Gasteiger partial charge in [0.1, 0.15) is 5.75 Å². The van der Waals surface area contributed by atoms with Gasteiger partial charge in [-0.25, -0.2) is 5.43 Å². The summed E-state index contributed by atoms with van der Waals surface area (Å²) in [5, 5.41) is 13.6. The first-order chi connectivity index (χ1) is 11.9. The molecule has 0 bridgehead atoms. The number of phenolic OH excluding ortho intramolecular Hbond substituents is 1.